The van der Waals surface area contributed by atoms with Gasteiger partial charge in [0.15, 0.2) is 5.82 Å². The molecule has 0 saturated carbocycles. The van der Waals surface area contributed by atoms with Crippen molar-refractivity contribution >= 4 is 29.1 Å². The number of nitrogens with one attached hydrogen (secondary N) is 2. The van der Waals surface area contributed by atoms with Crippen molar-refractivity contribution in [3.63, 3.8) is 0 Å². The first-order valence-corrected chi connectivity index (χ1v) is 9.63. The van der Waals surface area contributed by atoms with E-state index < -0.39 is 12.2 Å². The topological polar surface area (TPSA) is 86.1 Å². The number of halogens is 4. The Kier molecular flexibility index (Phi) is 5.43. The highest BCUT2D eigenvalue weighted by Crippen LogP contribution is 2.36. The molecule has 4 rings (SSSR count). The highest BCUT2D eigenvalue weighted by atomic mass is 35.5. The van der Waals surface area contributed by atoms with Crippen LogP contribution in [0.2, 0.25) is 5.02 Å². The van der Waals surface area contributed by atoms with E-state index in [1.807, 2.05) is 11.6 Å². The minimum absolute atomic E-state index is 0.000175. The molecule has 0 radical (unpaired) electrons. The quantitative estimate of drug-likeness (QED) is 0.707. The van der Waals surface area contributed by atoms with E-state index in [9.17, 15) is 13.2 Å². The number of nitrogens with zero attached hydrogens (tertiary/aromatic N) is 4. The van der Waals surface area contributed by atoms with Gasteiger partial charge in [-0.3, -0.25) is 4.68 Å². The minimum atomic E-state index is -4.50. The van der Waals surface area contributed by atoms with E-state index in [0.717, 1.165) is 18.5 Å². The van der Waals surface area contributed by atoms with Gasteiger partial charge in [-0.2, -0.15) is 18.2 Å². The number of ether oxygens (including phenoxy) is 2. The molecule has 2 N–H and O–H groups in total. The molecule has 1 atom stereocenters. The lowest BCUT2D eigenvalue weighted by Crippen LogP contribution is -2.38. The van der Waals surface area contributed by atoms with E-state index in [2.05, 4.69) is 25.7 Å². The van der Waals surface area contributed by atoms with Crippen LogP contribution < -0.4 is 15.4 Å². The lowest BCUT2D eigenvalue weighted by Gasteiger charge is -2.23. The minimum Gasteiger partial charge on any atom is -0.475 e. The molecule has 2 aromatic rings. The average Bonchev–Trinajstić information content (AvgIpc) is 2.97. The Labute approximate surface area is 169 Å². The molecule has 0 spiro atoms. The molecule has 2 aliphatic heterocycles. The molecule has 0 aliphatic carbocycles. The molecule has 8 nitrogen and oxygen atoms in total. The van der Waals surface area contributed by atoms with Crippen LogP contribution in [0.25, 0.3) is 0 Å². The fourth-order valence-corrected chi connectivity index (χ4v) is 3.56. The van der Waals surface area contributed by atoms with Crippen molar-refractivity contribution in [3.05, 3.63) is 16.9 Å². The number of anilines is 3. The summed E-state index contributed by atoms with van der Waals surface area (Å²) in [6.45, 7) is 2.94. The average molecular weight is 433 g/mol. The van der Waals surface area contributed by atoms with Gasteiger partial charge in [-0.25, -0.2) is 4.98 Å². The number of hydrogen-bond acceptors (Lipinski definition) is 7. The second-order valence-corrected chi connectivity index (χ2v) is 7.35. The van der Waals surface area contributed by atoms with Crippen molar-refractivity contribution in [1.29, 1.82) is 0 Å². The molecule has 1 saturated heterocycles. The molecular formula is C17H20ClF3N6O2. The van der Waals surface area contributed by atoms with Crippen LogP contribution in [0.3, 0.4) is 0 Å². The predicted molar refractivity (Wildman–Crippen MR) is 100.0 cm³/mol. The fourth-order valence-electron chi connectivity index (χ4n) is 3.42. The van der Waals surface area contributed by atoms with Gasteiger partial charge in [0.2, 0.25) is 5.95 Å². The van der Waals surface area contributed by atoms with Gasteiger partial charge >= 0.3 is 6.18 Å². The summed E-state index contributed by atoms with van der Waals surface area (Å²) in [5, 5.41) is 9.90. The van der Waals surface area contributed by atoms with Crippen molar-refractivity contribution < 1.29 is 22.6 Å². The van der Waals surface area contributed by atoms with Gasteiger partial charge in [-0.15, -0.1) is 5.10 Å². The van der Waals surface area contributed by atoms with Gasteiger partial charge in [0.25, 0.3) is 5.88 Å². The molecular weight excluding hydrogens is 413 g/mol. The lowest BCUT2D eigenvalue weighted by atomic mass is 10.1. The predicted octanol–water partition coefficient (Wildman–Crippen LogP) is 3.86. The van der Waals surface area contributed by atoms with Crippen molar-refractivity contribution in [3.8, 4) is 5.88 Å². The smallest absolute Gasteiger partial charge is 0.408 e. The molecule has 1 unspecified atom stereocenters. The van der Waals surface area contributed by atoms with Gasteiger partial charge in [0.1, 0.15) is 16.8 Å². The van der Waals surface area contributed by atoms with E-state index >= 15 is 0 Å². The first-order chi connectivity index (χ1) is 13.8. The molecule has 0 amide bonds. The Balaban J connectivity index is 1.72. The molecule has 1 fully saturated rings. The van der Waals surface area contributed by atoms with E-state index in [1.54, 1.807) is 0 Å². The number of aromatic nitrogens is 4. The van der Waals surface area contributed by atoms with Crippen LogP contribution in [0.15, 0.2) is 6.20 Å². The van der Waals surface area contributed by atoms with Crippen LogP contribution in [0.4, 0.5) is 30.6 Å². The van der Waals surface area contributed by atoms with Crippen LogP contribution >= 0.6 is 11.6 Å². The number of alkyl halides is 3. The maximum absolute atomic E-state index is 13.4. The summed E-state index contributed by atoms with van der Waals surface area (Å²) in [5.41, 5.74) is 1.31. The Hall–Kier alpha value is -2.27. The van der Waals surface area contributed by atoms with Crippen molar-refractivity contribution in [1.82, 2.24) is 19.7 Å². The van der Waals surface area contributed by atoms with Gasteiger partial charge < -0.3 is 20.1 Å². The van der Waals surface area contributed by atoms with Crippen molar-refractivity contribution in [2.24, 2.45) is 0 Å². The van der Waals surface area contributed by atoms with Crippen LogP contribution in [-0.4, -0.2) is 51.8 Å². The molecule has 158 valence electrons. The summed E-state index contributed by atoms with van der Waals surface area (Å²) in [4.78, 5) is 8.20. The van der Waals surface area contributed by atoms with E-state index in [0.29, 0.717) is 18.9 Å². The normalized spacial score (nSPS) is 20.7. The fraction of sp³-hybridized carbons (Fsp3) is 0.588. The SMILES string of the molecule is Cc1c2c(nn1C1CCOCC1)OCCC(C(F)(F)F)Nc1nc(ncc1Cl)N2. The maximum atomic E-state index is 13.4. The van der Waals surface area contributed by atoms with E-state index in [-0.39, 0.29) is 41.7 Å². The molecule has 2 aromatic heterocycles. The monoisotopic (exact) mass is 432 g/mol. The summed E-state index contributed by atoms with van der Waals surface area (Å²) in [6, 6.07) is -1.75. The molecule has 12 heteroatoms. The number of fused-ring (bicyclic) bond motifs is 3. The lowest BCUT2D eigenvalue weighted by molar-refractivity contribution is -0.145. The van der Waals surface area contributed by atoms with E-state index in [1.165, 1.54) is 6.20 Å². The molecule has 2 bridgehead atoms. The Bertz CT molecular complexity index is 885. The van der Waals surface area contributed by atoms with Crippen molar-refractivity contribution in [2.45, 2.75) is 44.4 Å². The van der Waals surface area contributed by atoms with Gasteiger partial charge in [0, 0.05) is 19.6 Å². The van der Waals surface area contributed by atoms with Crippen LogP contribution in [0.1, 0.15) is 31.0 Å². The van der Waals surface area contributed by atoms with Crippen molar-refractivity contribution in [2.75, 3.05) is 30.5 Å². The number of rotatable bonds is 1. The molecule has 4 heterocycles. The zero-order chi connectivity index (χ0) is 20.6. The molecule has 0 aromatic carbocycles. The summed E-state index contributed by atoms with van der Waals surface area (Å²) in [5.74, 6) is 0.223. The zero-order valence-corrected chi connectivity index (χ0v) is 16.3. The van der Waals surface area contributed by atoms with E-state index in [4.69, 9.17) is 21.1 Å². The standard InChI is InChI=1S/C17H20ClF3N6O2/c1-9-13-15(26-27(9)10-2-5-28-6-3-10)29-7-4-12(17(19,20)21)23-14-11(18)8-22-16(24-13)25-14/h8,10,12H,2-7H2,1H3,(H2,22,23,24,25). The van der Waals surface area contributed by atoms with Gasteiger partial charge in [-0.1, -0.05) is 11.6 Å². The highest BCUT2D eigenvalue weighted by molar-refractivity contribution is 6.32. The summed E-state index contributed by atoms with van der Waals surface area (Å²) in [6.07, 6.45) is -1.99. The first-order valence-electron chi connectivity index (χ1n) is 9.25. The zero-order valence-electron chi connectivity index (χ0n) is 15.6. The van der Waals surface area contributed by atoms with Gasteiger partial charge in [-0.05, 0) is 19.8 Å². The summed E-state index contributed by atoms with van der Waals surface area (Å²) >= 11 is 6.00. The summed E-state index contributed by atoms with van der Waals surface area (Å²) < 4.78 is 53.2. The third-order valence-electron chi connectivity index (χ3n) is 4.99. The third-order valence-corrected chi connectivity index (χ3v) is 5.26. The largest absolute Gasteiger partial charge is 0.475 e. The third kappa shape index (κ3) is 4.20. The molecule has 2 aliphatic rings. The van der Waals surface area contributed by atoms with Crippen LogP contribution in [0, 0.1) is 6.92 Å². The Morgan fingerprint density at radius 3 is 2.69 bits per heavy atom. The Morgan fingerprint density at radius 1 is 1.21 bits per heavy atom. The maximum Gasteiger partial charge on any atom is 0.408 e. The van der Waals surface area contributed by atoms with Crippen LogP contribution in [-0.2, 0) is 4.74 Å². The van der Waals surface area contributed by atoms with Gasteiger partial charge in [0.05, 0.1) is 24.5 Å². The number of hydrogen-bond donors (Lipinski definition) is 2. The first kappa shape index (κ1) is 20.0. The second kappa shape index (κ2) is 7.86. The molecule has 29 heavy (non-hydrogen) atoms. The Morgan fingerprint density at radius 2 is 1.97 bits per heavy atom. The highest BCUT2D eigenvalue weighted by Gasteiger charge is 2.40. The second-order valence-electron chi connectivity index (χ2n) is 6.94. The van der Waals surface area contributed by atoms with Crippen LogP contribution in [0.5, 0.6) is 5.88 Å². The summed E-state index contributed by atoms with van der Waals surface area (Å²) in [7, 11) is 0.